The topological polar surface area (TPSA) is 26.0 Å². The summed E-state index contributed by atoms with van der Waals surface area (Å²) < 4.78 is 0. The van der Waals surface area contributed by atoms with E-state index < -0.39 is 0 Å². The van der Waals surface area contributed by atoms with Crippen molar-refractivity contribution in [3.8, 4) is 0 Å². The molecule has 0 aliphatic heterocycles. The third kappa shape index (κ3) is 4.92. The largest absolute Gasteiger partial charge is 0.328 e. The van der Waals surface area contributed by atoms with Gasteiger partial charge in [0.15, 0.2) is 0 Å². The van der Waals surface area contributed by atoms with E-state index in [1.165, 1.54) is 37.9 Å². The summed E-state index contributed by atoms with van der Waals surface area (Å²) in [5, 5.41) is 0.915. The lowest BCUT2D eigenvalue weighted by Crippen LogP contribution is -2.27. The van der Waals surface area contributed by atoms with Gasteiger partial charge in [-0.3, -0.25) is 0 Å². The first kappa shape index (κ1) is 11.4. The van der Waals surface area contributed by atoms with Crippen LogP contribution >= 0.6 is 11.8 Å². The standard InChI is InChI=1S/C11H23NS/c1-9(2)7-8-13-11-5-3-10(12)4-6-11/h9-11H,3-8,12H2,1-2H3. The minimum absolute atomic E-state index is 0.502. The van der Waals surface area contributed by atoms with E-state index in [9.17, 15) is 0 Å². The van der Waals surface area contributed by atoms with Gasteiger partial charge in [-0.05, 0) is 43.8 Å². The second-order valence-corrected chi connectivity index (χ2v) is 6.00. The summed E-state index contributed by atoms with van der Waals surface area (Å²) in [5.41, 5.74) is 5.86. The Morgan fingerprint density at radius 2 is 1.85 bits per heavy atom. The Morgan fingerprint density at radius 3 is 2.38 bits per heavy atom. The SMILES string of the molecule is CC(C)CCSC1CCC(N)CC1. The summed E-state index contributed by atoms with van der Waals surface area (Å²) >= 11 is 2.17. The average Bonchev–Trinajstić information content (AvgIpc) is 2.08. The average molecular weight is 201 g/mol. The summed E-state index contributed by atoms with van der Waals surface area (Å²) in [6.45, 7) is 4.61. The van der Waals surface area contributed by atoms with Crippen LogP contribution in [0.4, 0.5) is 0 Å². The zero-order valence-corrected chi connectivity index (χ0v) is 9.78. The van der Waals surface area contributed by atoms with Crippen LogP contribution in [0.15, 0.2) is 0 Å². The number of rotatable bonds is 4. The molecule has 0 heterocycles. The molecule has 13 heavy (non-hydrogen) atoms. The normalized spacial score (nSPS) is 29.5. The van der Waals surface area contributed by atoms with Crippen LogP contribution in [0.3, 0.4) is 0 Å². The zero-order valence-electron chi connectivity index (χ0n) is 8.96. The summed E-state index contributed by atoms with van der Waals surface area (Å²) in [4.78, 5) is 0. The van der Waals surface area contributed by atoms with E-state index in [-0.39, 0.29) is 0 Å². The molecule has 1 saturated carbocycles. The lowest BCUT2D eigenvalue weighted by atomic mass is 9.96. The van der Waals surface area contributed by atoms with Crippen LogP contribution in [0.25, 0.3) is 0 Å². The number of thioether (sulfide) groups is 1. The molecule has 78 valence electrons. The molecule has 0 unspecified atom stereocenters. The van der Waals surface area contributed by atoms with Gasteiger partial charge >= 0.3 is 0 Å². The molecule has 0 bridgehead atoms. The smallest absolute Gasteiger partial charge is 0.00482 e. The van der Waals surface area contributed by atoms with Crippen molar-refractivity contribution in [2.75, 3.05) is 5.75 Å². The third-order valence-corrected chi connectivity index (χ3v) is 4.18. The maximum absolute atomic E-state index is 5.86. The molecule has 1 aliphatic rings. The molecule has 1 fully saturated rings. The van der Waals surface area contributed by atoms with Gasteiger partial charge in [0.25, 0.3) is 0 Å². The van der Waals surface area contributed by atoms with Gasteiger partial charge in [0.05, 0.1) is 0 Å². The summed E-state index contributed by atoms with van der Waals surface area (Å²) in [5.74, 6) is 2.20. The van der Waals surface area contributed by atoms with Crippen molar-refractivity contribution in [1.82, 2.24) is 0 Å². The lowest BCUT2D eigenvalue weighted by Gasteiger charge is -2.25. The molecule has 0 radical (unpaired) electrons. The molecule has 0 aromatic heterocycles. The van der Waals surface area contributed by atoms with Gasteiger partial charge in [-0.25, -0.2) is 0 Å². The molecule has 0 amide bonds. The summed E-state index contributed by atoms with van der Waals surface area (Å²) in [7, 11) is 0. The molecule has 0 spiro atoms. The van der Waals surface area contributed by atoms with Crippen LogP contribution in [-0.4, -0.2) is 17.0 Å². The second kappa shape index (κ2) is 5.92. The van der Waals surface area contributed by atoms with Gasteiger partial charge in [-0.2, -0.15) is 11.8 Å². The van der Waals surface area contributed by atoms with Crippen LogP contribution in [0.2, 0.25) is 0 Å². The fraction of sp³-hybridized carbons (Fsp3) is 1.00. The molecule has 0 aromatic carbocycles. The predicted molar refractivity (Wildman–Crippen MR) is 62.1 cm³/mol. The number of hydrogen-bond acceptors (Lipinski definition) is 2. The van der Waals surface area contributed by atoms with Crippen LogP contribution in [0.5, 0.6) is 0 Å². The van der Waals surface area contributed by atoms with Crippen LogP contribution in [0.1, 0.15) is 46.0 Å². The van der Waals surface area contributed by atoms with E-state index in [4.69, 9.17) is 5.73 Å². The van der Waals surface area contributed by atoms with E-state index in [2.05, 4.69) is 25.6 Å². The minimum atomic E-state index is 0.502. The van der Waals surface area contributed by atoms with E-state index in [0.29, 0.717) is 6.04 Å². The Labute approximate surface area is 86.8 Å². The van der Waals surface area contributed by atoms with Gasteiger partial charge < -0.3 is 5.73 Å². The maximum Gasteiger partial charge on any atom is 0.00482 e. The van der Waals surface area contributed by atoms with Crippen LogP contribution in [0, 0.1) is 5.92 Å². The maximum atomic E-state index is 5.86. The highest BCUT2D eigenvalue weighted by Gasteiger charge is 2.18. The third-order valence-electron chi connectivity index (χ3n) is 2.77. The van der Waals surface area contributed by atoms with Gasteiger partial charge in [-0.15, -0.1) is 0 Å². The van der Waals surface area contributed by atoms with Crippen molar-refractivity contribution in [1.29, 1.82) is 0 Å². The van der Waals surface area contributed by atoms with E-state index in [0.717, 1.165) is 11.2 Å². The molecule has 1 aliphatic carbocycles. The Hall–Kier alpha value is 0.310. The fourth-order valence-corrected chi connectivity index (χ4v) is 3.27. The Bertz CT molecular complexity index is 128. The van der Waals surface area contributed by atoms with Crippen molar-refractivity contribution in [2.24, 2.45) is 11.7 Å². The second-order valence-electron chi connectivity index (χ2n) is 4.59. The highest BCUT2D eigenvalue weighted by Crippen LogP contribution is 2.28. The van der Waals surface area contributed by atoms with Crippen molar-refractivity contribution >= 4 is 11.8 Å². The van der Waals surface area contributed by atoms with E-state index in [1.807, 2.05) is 0 Å². The molecule has 2 heteroatoms. The summed E-state index contributed by atoms with van der Waals surface area (Å²) in [6, 6.07) is 0.502. The monoisotopic (exact) mass is 201 g/mol. The van der Waals surface area contributed by atoms with E-state index >= 15 is 0 Å². The van der Waals surface area contributed by atoms with Crippen molar-refractivity contribution < 1.29 is 0 Å². The quantitative estimate of drug-likeness (QED) is 0.756. The molecular weight excluding hydrogens is 178 g/mol. The molecule has 1 nitrogen and oxygen atoms in total. The summed E-state index contributed by atoms with van der Waals surface area (Å²) in [6.07, 6.45) is 6.57. The first-order valence-electron chi connectivity index (χ1n) is 5.55. The van der Waals surface area contributed by atoms with Crippen molar-refractivity contribution in [2.45, 2.75) is 57.2 Å². The molecule has 0 aromatic rings. The first-order valence-corrected chi connectivity index (χ1v) is 6.60. The zero-order chi connectivity index (χ0) is 9.68. The molecule has 2 N–H and O–H groups in total. The number of hydrogen-bond donors (Lipinski definition) is 1. The minimum Gasteiger partial charge on any atom is -0.328 e. The Morgan fingerprint density at radius 1 is 1.23 bits per heavy atom. The Kier molecular flexibility index (Phi) is 5.18. The molecule has 1 rings (SSSR count). The highest BCUT2D eigenvalue weighted by molar-refractivity contribution is 7.99. The molecule has 0 atom stereocenters. The van der Waals surface area contributed by atoms with Gasteiger partial charge in [-0.1, -0.05) is 13.8 Å². The highest BCUT2D eigenvalue weighted by atomic mass is 32.2. The van der Waals surface area contributed by atoms with Crippen molar-refractivity contribution in [3.05, 3.63) is 0 Å². The first-order chi connectivity index (χ1) is 6.18. The van der Waals surface area contributed by atoms with Crippen LogP contribution in [-0.2, 0) is 0 Å². The van der Waals surface area contributed by atoms with Crippen molar-refractivity contribution in [3.63, 3.8) is 0 Å². The predicted octanol–water partition coefficient (Wildman–Crippen LogP) is 3.04. The van der Waals surface area contributed by atoms with Gasteiger partial charge in [0, 0.05) is 11.3 Å². The van der Waals surface area contributed by atoms with Crippen LogP contribution < -0.4 is 5.73 Å². The number of nitrogens with two attached hydrogens (primary N) is 1. The lowest BCUT2D eigenvalue weighted by molar-refractivity contribution is 0.450. The fourth-order valence-electron chi connectivity index (χ4n) is 1.73. The van der Waals surface area contributed by atoms with Gasteiger partial charge in [0.2, 0.25) is 0 Å². The Balaban J connectivity index is 2.02. The molecule has 0 saturated heterocycles. The van der Waals surface area contributed by atoms with Gasteiger partial charge in [0.1, 0.15) is 0 Å². The molecular formula is C11H23NS. The van der Waals surface area contributed by atoms with E-state index in [1.54, 1.807) is 0 Å².